The van der Waals surface area contributed by atoms with Crippen molar-refractivity contribution in [3.05, 3.63) is 12.3 Å². The van der Waals surface area contributed by atoms with Crippen LogP contribution in [0.25, 0.3) is 0 Å². The van der Waals surface area contributed by atoms with Crippen LogP contribution in [0.4, 0.5) is 4.79 Å². The number of carbonyl (C=O) groups is 1. The number of hydrogen-bond acceptors (Lipinski definition) is 5. The highest BCUT2D eigenvalue weighted by Gasteiger charge is 2.51. The van der Waals surface area contributed by atoms with Crippen molar-refractivity contribution in [2.45, 2.75) is 51.1 Å². The maximum atomic E-state index is 11.9. The monoisotopic (exact) mass is 348 g/mol. The van der Waals surface area contributed by atoms with Crippen LogP contribution in [0.2, 0.25) is 0 Å². The minimum atomic E-state index is -0.120. The Morgan fingerprint density at radius 2 is 2.04 bits per heavy atom. The molecule has 140 valence electrons. The van der Waals surface area contributed by atoms with E-state index < -0.39 is 0 Å². The van der Waals surface area contributed by atoms with Crippen molar-refractivity contribution in [3.8, 4) is 0 Å². The molecule has 25 heavy (non-hydrogen) atoms. The minimum Gasteiger partial charge on any atom is -0.450 e. The first-order chi connectivity index (χ1) is 12.1. The van der Waals surface area contributed by atoms with E-state index in [1.54, 1.807) is 0 Å². The van der Waals surface area contributed by atoms with E-state index in [0.717, 1.165) is 31.5 Å². The Morgan fingerprint density at radius 3 is 2.68 bits per heavy atom. The van der Waals surface area contributed by atoms with E-state index in [1.807, 2.05) is 11.8 Å². The topological polar surface area (TPSA) is 48.1 Å². The Balaban J connectivity index is 1.22. The molecule has 4 rings (SSSR count). The molecule has 6 nitrogen and oxygen atoms in total. The smallest absolute Gasteiger partial charge is 0.409 e. The fourth-order valence-electron chi connectivity index (χ4n) is 5.29. The molecular weight excluding hydrogens is 316 g/mol. The third-order valence-corrected chi connectivity index (χ3v) is 6.77. The average molecular weight is 348 g/mol. The van der Waals surface area contributed by atoms with Crippen LogP contribution in [0.1, 0.15) is 39.0 Å². The summed E-state index contributed by atoms with van der Waals surface area (Å²) in [7, 11) is 2.07. The van der Waals surface area contributed by atoms with Crippen molar-refractivity contribution >= 4 is 6.09 Å². The maximum absolute atomic E-state index is 11.9. The van der Waals surface area contributed by atoms with Gasteiger partial charge < -0.3 is 19.5 Å². The molecule has 1 aliphatic carbocycles. The van der Waals surface area contributed by atoms with Crippen LogP contribution >= 0.6 is 0 Å². The van der Waals surface area contributed by atoms with Crippen molar-refractivity contribution in [2.75, 3.05) is 39.8 Å². The van der Waals surface area contributed by atoms with Crippen molar-refractivity contribution in [1.29, 1.82) is 0 Å². The average Bonchev–Trinajstić information content (AvgIpc) is 3.21. The molecule has 2 saturated heterocycles. The van der Waals surface area contributed by atoms with E-state index in [-0.39, 0.29) is 6.09 Å². The predicted molar refractivity (Wildman–Crippen MR) is 96.8 cm³/mol. The molecule has 3 fully saturated rings. The second kappa shape index (κ2) is 6.80. The van der Waals surface area contributed by atoms with Gasteiger partial charge in [-0.25, -0.2) is 10.2 Å². The SMILES string of the molecule is CCOC(=O)N1CCC2(CC(N3CCC(C4C=CN(C)N4)CC3)C2)C1. The van der Waals surface area contributed by atoms with Crippen LogP contribution in [0.3, 0.4) is 0 Å². The lowest BCUT2D eigenvalue weighted by molar-refractivity contribution is -0.0115. The highest BCUT2D eigenvalue weighted by molar-refractivity contribution is 5.68. The lowest BCUT2D eigenvalue weighted by Gasteiger charge is -2.52. The first-order valence-electron chi connectivity index (χ1n) is 9.92. The van der Waals surface area contributed by atoms with Gasteiger partial charge in [-0.3, -0.25) is 0 Å². The number of nitrogens with one attached hydrogen (secondary N) is 1. The summed E-state index contributed by atoms with van der Waals surface area (Å²) in [4.78, 5) is 16.5. The lowest BCUT2D eigenvalue weighted by Crippen LogP contribution is -2.55. The molecular formula is C19H32N4O2. The van der Waals surface area contributed by atoms with Crippen LogP contribution in [-0.4, -0.2) is 72.8 Å². The van der Waals surface area contributed by atoms with Gasteiger partial charge in [-0.1, -0.05) is 0 Å². The summed E-state index contributed by atoms with van der Waals surface area (Å²) < 4.78 is 5.16. The van der Waals surface area contributed by atoms with Gasteiger partial charge >= 0.3 is 6.09 Å². The van der Waals surface area contributed by atoms with E-state index in [2.05, 4.69) is 34.7 Å². The number of amides is 1. The van der Waals surface area contributed by atoms with Gasteiger partial charge in [-0.15, -0.1) is 0 Å². The zero-order valence-electron chi connectivity index (χ0n) is 15.6. The Labute approximate surface area is 151 Å². The summed E-state index contributed by atoms with van der Waals surface area (Å²) in [5.41, 5.74) is 3.90. The third-order valence-electron chi connectivity index (χ3n) is 6.77. The first-order valence-corrected chi connectivity index (χ1v) is 9.92. The van der Waals surface area contributed by atoms with Crippen molar-refractivity contribution in [1.82, 2.24) is 20.2 Å². The standard InChI is InChI=1S/C19H32N4O2/c1-3-25-18(24)23-11-7-19(14-23)12-16(13-19)22-9-4-15(5-10-22)17-6-8-21(2)20-17/h6,8,15-17,20H,3-5,7,9-14H2,1-2H3. The predicted octanol–water partition coefficient (Wildman–Crippen LogP) is 2.04. The van der Waals surface area contributed by atoms with Crippen molar-refractivity contribution in [2.24, 2.45) is 11.3 Å². The first kappa shape index (κ1) is 17.2. The normalized spacial score (nSPS) is 36.2. The lowest BCUT2D eigenvalue weighted by atomic mass is 9.64. The molecule has 1 N–H and O–H groups in total. The molecule has 1 atom stereocenters. The summed E-state index contributed by atoms with van der Waals surface area (Å²) in [5.74, 6) is 0.761. The van der Waals surface area contributed by atoms with E-state index in [9.17, 15) is 4.79 Å². The number of nitrogens with zero attached hydrogens (tertiary/aromatic N) is 3. The minimum absolute atomic E-state index is 0.120. The number of likely N-dealkylation sites (tertiary alicyclic amines) is 2. The Morgan fingerprint density at radius 1 is 1.28 bits per heavy atom. The molecule has 1 saturated carbocycles. The summed E-state index contributed by atoms with van der Waals surface area (Å²) in [6, 6.07) is 1.26. The molecule has 0 aromatic heterocycles. The summed E-state index contributed by atoms with van der Waals surface area (Å²) in [6.07, 6.45) is 10.6. The fourth-order valence-corrected chi connectivity index (χ4v) is 5.29. The van der Waals surface area contributed by atoms with Crippen LogP contribution < -0.4 is 5.43 Å². The second-order valence-electron chi connectivity index (χ2n) is 8.41. The molecule has 4 aliphatic rings. The van der Waals surface area contributed by atoms with Gasteiger partial charge in [0.2, 0.25) is 0 Å². The molecule has 0 radical (unpaired) electrons. The third kappa shape index (κ3) is 3.38. The molecule has 3 heterocycles. The summed E-state index contributed by atoms with van der Waals surface area (Å²) in [6.45, 7) is 6.58. The number of rotatable bonds is 3. The summed E-state index contributed by atoms with van der Waals surface area (Å²) >= 11 is 0. The van der Waals surface area contributed by atoms with E-state index in [0.29, 0.717) is 18.1 Å². The van der Waals surface area contributed by atoms with Gasteiger partial charge in [0.15, 0.2) is 0 Å². The van der Waals surface area contributed by atoms with Gasteiger partial charge in [0.1, 0.15) is 0 Å². The highest BCUT2D eigenvalue weighted by Crippen LogP contribution is 2.50. The highest BCUT2D eigenvalue weighted by atomic mass is 16.6. The Bertz CT molecular complexity index is 524. The zero-order valence-corrected chi connectivity index (χ0v) is 15.6. The zero-order chi connectivity index (χ0) is 17.4. The van der Waals surface area contributed by atoms with Crippen LogP contribution in [0.5, 0.6) is 0 Å². The van der Waals surface area contributed by atoms with E-state index >= 15 is 0 Å². The molecule has 3 aliphatic heterocycles. The van der Waals surface area contributed by atoms with Gasteiger partial charge in [-0.05, 0) is 69.5 Å². The molecule has 0 bridgehead atoms. The largest absolute Gasteiger partial charge is 0.450 e. The van der Waals surface area contributed by atoms with Gasteiger partial charge in [-0.2, -0.15) is 0 Å². The van der Waals surface area contributed by atoms with Crippen LogP contribution in [0.15, 0.2) is 12.3 Å². The molecule has 1 unspecified atom stereocenters. The van der Waals surface area contributed by atoms with Crippen molar-refractivity contribution < 1.29 is 9.53 Å². The van der Waals surface area contributed by atoms with E-state index in [4.69, 9.17) is 4.74 Å². The van der Waals surface area contributed by atoms with E-state index in [1.165, 1.54) is 38.8 Å². The summed E-state index contributed by atoms with van der Waals surface area (Å²) in [5, 5.41) is 2.07. The number of ether oxygens (including phenoxy) is 1. The quantitative estimate of drug-likeness (QED) is 0.846. The molecule has 1 amide bonds. The number of hydrazine groups is 1. The van der Waals surface area contributed by atoms with Gasteiger partial charge in [0.05, 0.1) is 6.61 Å². The number of hydrogen-bond donors (Lipinski definition) is 1. The van der Waals surface area contributed by atoms with Gasteiger partial charge in [0, 0.05) is 38.4 Å². The van der Waals surface area contributed by atoms with Gasteiger partial charge in [0.25, 0.3) is 0 Å². The van der Waals surface area contributed by atoms with Crippen molar-refractivity contribution in [3.63, 3.8) is 0 Å². The molecule has 1 spiro atoms. The van der Waals surface area contributed by atoms with Crippen LogP contribution in [0, 0.1) is 11.3 Å². The molecule has 6 heteroatoms. The Kier molecular flexibility index (Phi) is 4.67. The Hall–Kier alpha value is -1.27. The number of piperidine rings is 1. The second-order valence-corrected chi connectivity index (χ2v) is 8.41. The maximum Gasteiger partial charge on any atom is 0.409 e. The fraction of sp³-hybridized carbons (Fsp3) is 0.842. The molecule has 0 aromatic rings. The van der Waals surface area contributed by atoms with Crippen LogP contribution in [-0.2, 0) is 4.74 Å². The molecule has 0 aromatic carbocycles. The number of carbonyl (C=O) groups excluding carboxylic acids is 1.